The molecule has 26 heavy (non-hydrogen) atoms. The Labute approximate surface area is 152 Å². The number of hydrogen-bond donors (Lipinski definition) is 2. The molecule has 2 N–H and O–H groups in total. The standard InChI is InChI=1S/C17H15ClFN3O4/c1-9(23)20-12-8-21-5-6-22(17(26)14(21)16(25)15(12)24)7-10-3-2-4-11(18)13(10)19/h2-4,8,25H,5-7H2,1H3,(H,20,23). The van der Waals surface area contributed by atoms with E-state index in [1.807, 2.05) is 0 Å². The number of halogens is 2. The second kappa shape index (κ2) is 6.80. The van der Waals surface area contributed by atoms with Crippen LogP contribution in [0.5, 0.6) is 5.75 Å². The van der Waals surface area contributed by atoms with Gasteiger partial charge in [-0.05, 0) is 6.07 Å². The lowest BCUT2D eigenvalue weighted by Gasteiger charge is -2.30. The minimum atomic E-state index is -0.851. The summed E-state index contributed by atoms with van der Waals surface area (Å²) in [5.74, 6) is -2.45. The van der Waals surface area contributed by atoms with Crippen molar-refractivity contribution in [1.82, 2.24) is 9.47 Å². The van der Waals surface area contributed by atoms with Crippen LogP contribution in [0.2, 0.25) is 5.02 Å². The third kappa shape index (κ3) is 3.15. The lowest BCUT2D eigenvalue weighted by molar-refractivity contribution is -0.114. The van der Waals surface area contributed by atoms with E-state index >= 15 is 0 Å². The molecule has 7 nitrogen and oxygen atoms in total. The van der Waals surface area contributed by atoms with E-state index in [4.69, 9.17) is 11.6 Å². The number of hydrogen-bond acceptors (Lipinski definition) is 4. The van der Waals surface area contributed by atoms with Gasteiger partial charge in [0.2, 0.25) is 11.3 Å². The Kier molecular flexibility index (Phi) is 4.69. The molecule has 0 saturated heterocycles. The zero-order valence-corrected chi connectivity index (χ0v) is 14.5. The van der Waals surface area contributed by atoms with Crippen molar-refractivity contribution in [2.75, 3.05) is 11.9 Å². The fraction of sp³-hybridized carbons (Fsp3) is 0.235. The molecule has 2 aromatic rings. The summed E-state index contributed by atoms with van der Waals surface area (Å²) in [5.41, 5.74) is -0.926. The van der Waals surface area contributed by atoms with Crippen molar-refractivity contribution in [3.63, 3.8) is 0 Å². The molecule has 9 heteroatoms. The fourth-order valence-electron chi connectivity index (χ4n) is 2.84. The number of anilines is 1. The van der Waals surface area contributed by atoms with Gasteiger partial charge < -0.3 is 19.9 Å². The van der Waals surface area contributed by atoms with E-state index in [2.05, 4.69) is 5.32 Å². The normalized spacial score (nSPS) is 13.5. The number of rotatable bonds is 3. The van der Waals surface area contributed by atoms with Crippen LogP contribution < -0.4 is 10.7 Å². The van der Waals surface area contributed by atoms with E-state index < -0.39 is 28.8 Å². The first-order chi connectivity index (χ1) is 12.3. The number of nitrogens with one attached hydrogen (secondary N) is 1. The molecule has 0 atom stereocenters. The molecule has 0 radical (unpaired) electrons. The minimum Gasteiger partial charge on any atom is -0.502 e. The maximum atomic E-state index is 14.1. The molecule has 1 aliphatic rings. The van der Waals surface area contributed by atoms with Crippen molar-refractivity contribution in [3.8, 4) is 5.75 Å². The molecule has 0 fully saturated rings. The van der Waals surface area contributed by atoms with Gasteiger partial charge in [0.25, 0.3) is 5.91 Å². The number of carbonyl (C=O) groups excluding carboxylic acids is 2. The Balaban J connectivity index is 1.95. The van der Waals surface area contributed by atoms with Crippen molar-refractivity contribution in [2.24, 2.45) is 0 Å². The molecule has 1 aliphatic heterocycles. The maximum Gasteiger partial charge on any atom is 0.274 e. The van der Waals surface area contributed by atoms with E-state index in [-0.39, 0.29) is 41.6 Å². The first kappa shape index (κ1) is 17.9. The third-order valence-electron chi connectivity index (χ3n) is 4.06. The average Bonchev–Trinajstić information content (AvgIpc) is 2.58. The largest absolute Gasteiger partial charge is 0.502 e. The topological polar surface area (TPSA) is 91.6 Å². The zero-order chi connectivity index (χ0) is 19.0. The van der Waals surface area contributed by atoms with Crippen LogP contribution in [0.3, 0.4) is 0 Å². The second-order valence-electron chi connectivity index (χ2n) is 5.88. The molecule has 0 spiro atoms. The number of aromatic nitrogens is 1. The number of amides is 2. The molecule has 3 rings (SSSR count). The van der Waals surface area contributed by atoms with Crippen LogP contribution in [0.1, 0.15) is 23.0 Å². The monoisotopic (exact) mass is 379 g/mol. The number of fused-ring (bicyclic) bond motifs is 1. The molecule has 0 bridgehead atoms. The van der Waals surface area contributed by atoms with Gasteiger partial charge in [-0.3, -0.25) is 14.4 Å². The van der Waals surface area contributed by atoms with Gasteiger partial charge >= 0.3 is 0 Å². The van der Waals surface area contributed by atoms with Crippen LogP contribution in [0, 0.1) is 5.82 Å². The van der Waals surface area contributed by atoms with Crippen LogP contribution in [0.25, 0.3) is 0 Å². The van der Waals surface area contributed by atoms with Gasteiger partial charge in [-0.15, -0.1) is 0 Å². The van der Waals surface area contributed by atoms with Crippen molar-refractivity contribution >= 4 is 29.1 Å². The van der Waals surface area contributed by atoms with Crippen LogP contribution in [0.4, 0.5) is 10.1 Å². The van der Waals surface area contributed by atoms with Crippen molar-refractivity contribution in [2.45, 2.75) is 20.0 Å². The number of benzene rings is 1. The SMILES string of the molecule is CC(=O)Nc1cn2c(c(O)c1=O)C(=O)N(Cc1cccc(Cl)c1F)CC2. The Morgan fingerprint density at radius 2 is 2.08 bits per heavy atom. The Morgan fingerprint density at radius 3 is 2.77 bits per heavy atom. The predicted molar refractivity (Wildman–Crippen MR) is 92.8 cm³/mol. The van der Waals surface area contributed by atoms with Crippen LogP contribution in [-0.2, 0) is 17.9 Å². The molecule has 0 saturated carbocycles. The lowest BCUT2D eigenvalue weighted by Crippen LogP contribution is -2.41. The van der Waals surface area contributed by atoms with E-state index in [0.717, 1.165) is 0 Å². The first-order valence-corrected chi connectivity index (χ1v) is 8.13. The lowest BCUT2D eigenvalue weighted by atomic mass is 10.1. The predicted octanol–water partition coefficient (Wildman–Crippen LogP) is 1.96. The van der Waals surface area contributed by atoms with Crippen molar-refractivity contribution < 1.29 is 19.1 Å². The average molecular weight is 380 g/mol. The number of carbonyl (C=O) groups is 2. The Morgan fingerprint density at radius 1 is 1.35 bits per heavy atom. The number of nitrogens with zero attached hydrogens (tertiary/aromatic N) is 2. The summed E-state index contributed by atoms with van der Waals surface area (Å²) in [7, 11) is 0. The van der Waals surface area contributed by atoms with Crippen LogP contribution >= 0.6 is 11.6 Å². The van der Waals surface area contributed by atoms with E-state index in [0.29, 0.717) is 0 Å². The quantitative estimate of drug-likeness (QED) is 0.852. The third-order valence-corrected chi connectivity index (χ3v) is 4.35. The highest BCUT2D eigenvalue weighted by molar-refractivity contribution is 6.30. The summed E-state index contributed by atoms with van der Waals surface area (Å²) in [4.78, 5) is 37.3. The van der Waals surface area contributed by atoms with Gasteiger partial charge in [0.15, 0.2) is 11.4 Å². The molecule has 1 aromatic heterocycles. The van der Waals surface area contributed by atoms with Gasteiger partial charge in [0.05, 0.1) is 5.02 Å². The summed E-state index contributed by atoms with van der Waals surface area (Å²) in [6.07, 6.45) is 1.31. The van der Waals surface area contributed by atoms with E-state index in [1.165, 1.54) is 34.7 Å². The molecule has 136 valence electrons. The molecular weight excluding hydrogens is 365 g/mol. The van der Waals surface area contributed by atoms with Gasteiger partial charge in [0, 0.05) is 38.3 Å². The highest BCUT2D eigenvalue weighted by atomic mass is 35.5. The van der Waals surface area contributed by atoms with Gasteiger partial charge in [0.1, 0.15) is 11.5 Å². The maximum absolute atomic E-state index is 14.1. The van der Waals surface area contributed by atoms with Gasteiger partial charge in [-0.25, -0.2) is 4.39 Å². The van der Waals surface area contributed by atoms with Gasteiger partial charge in [-0.1, -0.05) is 23.7 Å². The van der Waals surface area contributed by atoms with Gasteiger partial charge in [-0.2, -0.15) is 0 Å². The number of pyridine rings is 1. The molecule has 0 aliphatic carbocycles. The first-order valence-electron chi connectivity index (χ1n) is 7.75. The summed E-state index contributed by atoms with van der Waals surface area (Å²) in [6.45, 7) is 1.68. The molecule has 1 aromatic carbocycles. The molecule has 0 unspecified atom stereocenters. The second-order valence-corrected chi connectivity index (χ2v) is 6.29. The molecule has 2 heterocycles. The van der Waals surface area contributed by atoms with Crippen LogP contribution in [0.15, 0.2) is 29.2 Å². The van der Waals surface area contributed by atoms with Crippen molar-refractivity contribution in [3.05, 3.63) is 56.7 Å². The number of aromatic hydroxyl groups is 1. The smallest absolute Gasteiger partial charge is 0.274 e. The fourth-order valence-corrected chi connectivity index (χ4v) is 3.03. The summed E-state index contributed by atoms with van der Waals surface area (Å²) < 4.78 is 15.5. The van der Waals surface area contributed by atoms with E-state index in [1.54, 1.807) is 6.07 Å². The summed E-state index contributed by atoms with van der Waals surface area (Å²) in [5, 5.41) is 12.4. The highest BCUT2D eigenvalue weighted by Gasteiger charge is 2.30. The Bertz CT molecular complexity index is 973. The summed E-state index contributed by atoms with van der Waals surface area (Å²) in [6, 6.07) is 4.49. The highest BCUT2D eigenvalue weighted by Crippen LogP contribution is 2.25. The summed E-state index contributed by atoms with van der Waals surface area (Å²) >= 11 is 5.76. The zero-order valence-electron chi connectivity index (χ0n) is 13.8. The molecular formula is C17H15ClFN3O4. The van der Waals surface area contributed by atoms with Crippen molar-refractivity contribution in [1.29, 1.82) is 0 Å². The minimum absolute atomic E-state index is 0.0493. The van der Waals surface area contributed by atoms with Crippen LogP contribution in [-0.4, -0.2) is 32.9 Å². The van der Waals surface area contributed by atoms with E-state index in [9.17, 15) is 23.9 Å². The Hall–Kier alpha value is -2.87. The molecule has 2 amide bonds.